The van der Waals surface area contributed by atoms with Crippen LogP contribution >= 0.6 is 24.0 Å². The zero-order chi connectivity index (χ0) is 16.4. The topological polar surface area (TPSA) is 45.7 Å². The molecule has 1 aromatic rings. The zero-order valence-corrected chi connectivity index (χ0v) is 17.4. The maximum atomic E-state index is 5.05. The number of ether oxygens (including phenoxy) is 1. The minimum atomic E-state index is 0. The second-order valence-electron chi connectivity index (χ2n) is 6.05. The lowest BCUT2D eigenvalue weighted by molar-refractivity contribution is 0.195. The van der Waals surface area contributed by atoms with Crippen LogP contribution < -0.4 is 10.6 Å². The number of hydrogen-bond donors (Lipinski definition) is 2. The van der Waals surface area contributed by atoms with Gasteiger partial charge in [0, 0.05) is 27.3 Å². The molecule has 1 atom stereocenters. The highest BCUT2D eigenvalue weighted by molar-refractivity contribution is 14.0. The van der Waals surface area contributed by atoms with E-state index in [0.29, 0.717) is 5.92 Å². The van der Waals surface area contributed by atoms with Gasteiger partial charge in [-0.2, -0.15) is 0 Å². The standard InChI is InChI=1S/C18H31N3O.HI/c1-14(2)13-16-7-9-17(10-8-16)15(3)21-18(19-4)20-11-6-12-22-5;/h7-10,14-15H,6,11-13H2,1-5H3,(H2,19,20,21);1H. The van der Waals surface area contributed by atoms with E-state index in [1.54, 1.807) is 14.2 Å². The van der Waals surface area contributed by atoms with Gasteiger partial charge in [-0.1, -0.05) is 38.1 Å². The fourth-order valence-corrected chi connectivity index (χ4v) is 2.32. The Hall–Kier alpha value is -0.820. The predicted molar refractivity (Wildman–Crippen MR) is 110 cm³/mol. The number of aliphatic imine (C=N–C) groups is 1. The molecule has 23 heavy (non-hydrogen) atoms. The molecule has 1 unspecified atom stereocenters. The van der Waals surface area contributed by atoms with Gasteiger partial charge in [0.05, 0.1) is 6.04 Å². The van der Waals surface area contributed by atoms with Crippen LogP contribution in [0, 0.1) is 5.92 Å². The number of halogens is 1. The van der Waals surface area contributed by atoms with E-state index < -0.39 is 0 Å². The highest BCUT2D eigenvalue weighted by atomic mass is 127. The van der Waals surface area contributed by atoms with E-state index in [4.69, 9.17) is 4.74 Å². The molecule has 0 radical (unpaired) electrons. The van der Waals surface area contributed by atoms with Gasteiger partial charge in [-0.05, 0) is 36.8 Å². The molecule has 0 saturated carbocycles. The van der Waals surface area contributed by atoms with E-state index in [9.17, 15) is 0 Å². The smallest absolute Gasteiger partial charge is 0.191 e. The Bertz CT molecular complexity index is 446. The average molecular weight is 433 g/mol. The minimum absolute atomic E-state index is 0. The normalized spacial score (nSPS) is 12.7. The van der Waals surface area contributed by atoms with Crippen LogP contribution in [0.25, 0.3) is 0 Å². The lowest BCUT2D eigenvalue weighted by atomic mass is 10.00. The Balaban J connectivity index is 0.00000484. The second-order valence-corrected chi connectivity index (χ2v) is 6.05. The first-order valence-corrected chi connectivity index (χ1v) is 8.11. The summed E-state index contributed by atoms with van der Waals surface area (Å²) in [6.07, 6.45) is 2.10. The fraction of sp³-hybridized carbons (Fsp3) is 0.611. The molecule has 0 bridgehead atoms. The van der Waals surface area contributed by atoms with E-state index in [-0.39, 0.29) is 30.0 Å². The lowest BCUT2D eigenvalue weighted by Crippen LogP contribution is -2.39. The van der Waals surface area contributed by atoms with Crippen molar-refractivity contribution in [3.8, 4) is 0 Å². The van der Waals surface area contributed by atoms with Gasteiger partial charge in [0.15, 0.2) is 5.96 Å². The van der Waals surface area contributed by atoms with Crippen LogP contribution in [0.5, 0.6) is 0 Å². The summed E-state index contributed by atoms with van der Waals surface area (Å²) in [5.74, 6) is 1.52. The molecular formula is C18H32IN3O. The quantitative estimate of drug-likeness (QED) is 0.284. The van der Waals surface area contributed by atoms with Crippen molar-refractivity contribution >= 4 is 29.9 Å². The third-order valence-electron chi connectivity index (χ3n) is 3.52. The molecule has 1 rings (SSSR count). The maximum absolute atomic E-state index is 5.05. The highest BCUT2D eigenvalue weighted by Gasteiger charge is 2.08. The van der Waals surface area contributed by atoms with Crippen LogP contribution in [-0.4, -0.2) is 33.3 Å². The number of benzene rings is 1. The van der Waals surface area contributed by atoms with E-state index >= 15 is 0 Å². The SMILES string of the molecule is CN=C(NCCCOC)NC(C)c1ccc(CC(C)C)cc1.I. The molecule has 4 nitrogen and oxygen atoms in total. The number of guanidine groups is 1. The first kappa shape index (κ1) is 22.2. The van der Waals surface area contributed by atoms with Crippen LogP contribution in [0.4, 0.5) is 0 Å². The van der Waals surface area contributed by atoms with E-state index in [0.717, 1.165) is 32.0 Å². The van der Waals surface area contributed by atoms with Crippen LogP contribution in [0.15, 0.2) is 29.3 Å². The molecule has 0 heterocycles. The molecule has 1 aromatic carbocycles. The minimum Gasteiger partial charge on any atom is -0.385 e. The maximum Gasteiger partial charge on any atom is 0.191 e. The van der Waals surface area contributed by atoms with Crippen LogP contribution in [0.1, 0.15) is 44.4 Å². The molecule has 0 aliphatic carbocycles. The summed E-state index contributed by atoms with van der Waals surface area (Å²) in [5.41, 5.74) is 2.67. The molecule has 132 valence electrons. The molecule has 0 spiro atoms. The molecule has 0 aromatic heterocycles. The van der Waals surface area contributed by atoms with Crippen molar-refractivity contribution in [1.29, 1.82) is 0 Å². The molecule has 5 heteroatoms. The zero-order valence-electron chi connectivity index (χ0n) is 15.1. The van der Waals surface area contributed by atoms with Gasteiger partial charge in [-0.3, -0.25) is 4.99 Å². The molecule has 2 N–H and O–H groups in total. The number of rotatable bonds is 8. The monoisotopic (exact) mass is 433 g/mol. The van der Waals surface area contributed by atoms with Crippen LogP contribution in [0.2, 0.25) is 0 Å². The van der Waals surface area contributed by atoms with Crippen molar-refractivity contribution < 1.29 is 4.74 Å². The van der Waals surface area contributed by atoms with Crippen molar-refractivity contribution in [2.75, 3.05) is 27.3 Å². The van der Waals surface area contributed by atoms with Crippen molar-refractivity contribution in [3.63, 3.8) is 0 Å². The first-order valence-electron chi connectivity index (χ1n) is 8.11. The number of nitrogens with one attached hydrogen (secondary N) is 2. The molecular weight excluding hydrogens is 401 g/mol. The molecule has 0 amide bonds. The summed E-state index contributed by atoms with van der Waals surface area (Å²) in [4.78, 5) is 4.26. The Kier molecular flexibility index (Phi) is 12.1. The van der Waals surface area contributed by atoms with Gasteiger partial charge < -0.3 is 15.4 Å². The highest BCUT2D eigenvalue weighted by Crippen LogP contribution is 2.15. The molecule has 0 aliphatic rings. The first-order chi connectivity index (χ1) is 10.6. The largest absolute Gasteiger partial charge is 0.385 e. The average Bonchev–Trinajstić information content (AvgIpc) is 2.50. The third-order valence-corrected chi connectivity index (χ3v) is 3.52. The summed E-state index contributed by atoms with van der Waals surface area (Å²) in [6.45, 7) is 8.26. The van der Waals surface area contributed by atoms with Gasteiger partial charge in [-0.25, -0.2) is 0 Å². The molecule has 0 aliphatic heterocycles. The van der Waals surface area contributed by atoms with Crippen LogP contribution in [-0.2, 0) is 11.2 Å². The van der Waals surface area contributed by atoms with Gasteiger partial charge in [0.25, 0.3) is 0 Å². The summed E-state index contributed by atoms with van der Waals surface area (Å²) in [6, 6.07) is 9.08. The van der Waals surface area contributed by atoms with Gasteiger partial charge in [0.2, 0.25) is 0 Å². The van der Waals surface area contributed by atoms with Crippen molar-refractivity contribution in [3.05, 3.63) is 35.4 Å². The third kappa shape index (κ3) is 9.15. The summed E-state index contributed by atoms with van der Waals surface area (Å²) < 4.78 is 5.05. The lowest BCUT2D eigenvalue weighted by Gasteiger charge is -2.18. The summed E-state index contributed by atoms with van der Waals surface area (Å²) in [5, 5.41) is 6.72. The van der Waals surface area contributed by atoms with Crippen molar-refractivity contribution in [2.45, 2.75) is 39.7 Å². The van der Waals surface area contributed by atoms with Crippen molar-refractivity contribution in [1.82, 2.24) is 10.6 Å². The molecule has 0 fully saturated rings. The Morgan fingerprint density at radius 3 is 2.35 bits per heavy atom. The Morgan fingerprint density at radius 1 is 1.17 bits per heavy atom. The number of nitrogens with zero attached hydrogens (tertiary/aromatic N) is 1. The van der Waals surface area contributed by atoms with Gasteiger partial charge in [-0.15, -0.1) is 24.0 Å². The molecule has 0 saturated heterocycles. The van der Waals surface area contributed by atoms with E-state index in [1.165, 1.54) is 11.1 Å². The van der Waals surface area contributed by atoms with E-state index in [1.807, 2.05) is 0 Å². The second kappa shape index (κ2) is 12.6. The fourth-order valence-electron chi connectivity index (χ4n) is 2.32. The van der Waals surface area contributed by atoms with Crippen LogP contribution in [0.3, 0.4) is 0 Å². The predicted octanol–water partition coefficient (Wildman–Crippen LogP) is 3.77. The Labute approximate surface area is 158 Å². The summed E-state index contributed by atoms with van der Waals surface area (Å²) in [7, 11) is 3.52. The van der Waals surface area contributed by atoms with Gasteiger partial charge >= 0.3 is 0 Å². The summed E-state index contributed by atoms with van der Waals surface area (Å²) >= 11 is 0. The van der Waals surface area contributed by atoms with Crippen molar-refractivity contribution in [2.24, 2.45) is 10.9 Å². The van der Waals surface area contributed by atoms with E-state index in [2.05, 4.69) is 60.7 Å². The number of hydrogen-bond acceptors (Lipinski definition) is 2. The number of methoxy groups -OCH3 is 1. The van der Waals surface area contributed by atoms with Gasteiger partial charge in [0.1, 0.15) is 0 Å². The Morgan fingerprint density at radius 2 is 1.83 bits per heavy atom.